The molecular formula is C12H23N3O4. The Bertz CT molecular complexity index is 333. The standard InChI is InChI=1S/C12H23N3O4/c1-4-7(3)9(15-12(13)19)10(16)14-6-8(5-2)11(17)18/h7-9H,4-6H2,1-3H3,(H,14,16)(H,17,18)(H3,13,15,19). The summed E-state index contributed by atoms with van der Waals surface area (Å²) >= 11 is 0. The van der Waals surface area contributed by atoms with Crippen molar-refractivity contribution in [2.45, 2.75) is 39.7 Å². The van der Waals surface area contributed by atoms with Crippen LogP contribution in [-0.2, 0) is 9.59 Å². The maximum atomic E-state index is 11.9. The van der Waals surface area contributed by atoms with E-state index >= 15 is 0 Å². The number of carbonyl (C=O) groups is 3. The average Bonchev–Trinajstić information content (AvgIpc) is 2.34. The van der Waals surface area contributed by atoms with Crippen LogP contribution in [0.5, 0.6) is 0 Å². The highest BCUT2D eigenvalue weighted by Gasteiger charge is 2.26. The molecule has 0 radical (unpaired) electrons. The number of urea groups is 1. The van der Waals surface area contributed by atoms with E-state index in [2.05, 4.69) is 10.6 Å². The van der Waals surface area contributed by atoms with E-state index in [9.17, 15) is 14.4 Å². The normalized spacial score (nSPS) is 15.1. The molecule has 3 amide bonds. The lowest BCUT2D eigenvalue weighted by Gasteiger charge is -2.23. The van der Waals surface area contributed by atoms with Gasteiger partial charge in [-0.1, -0.05) is 27.2 Å². The van der Waals surface area contributed by atoms with Crippen molar-refractivity contribution in [1.82, 2.24) is 10.6 Å². The van der Waals surface area contributed by atoms with Crippen molar-refractivity contribution in [3.05, 3.63) is 0 Å². The van der Waals surface area contributed by atoms with Crippen molar-refractivity contribution in [3.8, 4) is 0 Å². The zero-order valence-corrected chi connectivity index (χ0v) is 11.6. The van der Waals surface area contributed by atoms with Crippen LogP contribution >= 0.6 is 0 Å². The predicted octanol–water partition coefficient (Wildman–Crippen LogP) is 0.296. The van der Waals surface area contributed by atoms with Crippen molar-refractivity contribution in [2.24, 2.45) is 17.6 Å². The summed E-state index contributed by atoms with van der Waals surface area (Å²) in [6.45, 7) is 5.48. The van der Waals surface area contributed by atoms with Gasteiger partial charge < -0.3 is 21.5 Å². The summed E-state index contributed by atoms with van der Waals surface area (Å²) in [4.78, 5) is 33.7. The molecule has 19 heavy (non-hydrogen) atoms. The first-order valence-corrected chi connectivity index (χ1v) is 6.39. The summed E-state index contributed by atoms with van der Waals surface area (Å²) in [6.07, 6.45) is 1.11. The molecule has 110 valence electrons. The predicted molar refractivity (Wildman–Crippen MR) is 70.4 cm³/mol. The second-order valence-electron chi connectivity index (χ2n) is 4.56. The van der Waals surface area contributed by atoms with Crippen LogP contribution in [-0.4, -0.2) is 35.6 Å². The molecule has 0 aliphatic rings. The molecule has 5 N–H and O–H groups in total. The van der Waals surface area contributed by atoms with Gasteiger partial charge in [-0.2, -0.15) is 0 Å². The number of aliphatic carboxylic acids is 1. The van der Waals surface area contributed by atoms with Crippen LogP contribution in [0.25, 0.3) is 0 Å². The van der Waals surface area contributed by atoms with Crippen LogP contribution in [0.2, 0.25) is 0 Å². The van der Waals surface area contributed by atoms with Crippen molar-refractivity contribution in [2.75, 3.05) is 6.54 Å². The number of carboxylic acid groups (broad SMARTS) is 1. The smallest absolute Gasteiger partial charge is 0.312 e. The Morgan fingerprint density at radius 2 is 1.79 bits per heavy atom. The van der Waals surface area contributed by atoms with Gasteiger partial charge in [0.25, 0.3) is 0 Å². The van der Waals surface area contributed by atoms with Crippen LogP contribution in [0.15, 0.2) is 0 Å². The van der Waals surface area contributed by atoms with E-state index in [0.29, 0.717) is 12.8 Å². The Morgan fingerprint density at radius 1 is 1.21 bits per heavy atom. The van der Waals surface area contributed by atoms with Gasteiger partial charge in [0.2, 0.25) is 5.91 Å². The molecule has 0 aromatic carbocycles. The Hall–Kier alpha value is -1.79. The largest absolute Gasteiger partial charge is 0.481 e. The number of primary amides is 1. The van der Waals surface area contributed by atoms with Crippen molar-refractivity contribution >= 4 is 17.9 Å². The van der Waals surface area contributed by atoms with Crippen LogP contribution in [0.1, 0.15) is 33.6 Å². The Kier molecular flexibility index (Phi) is 7.55. The van der Waals surface area contributed by atoms with E-state index < -0.39 is 29.9 Å². The molecule has 7 nitrogen and oxygen atoms in total. The minimum atomic E-state index is -0.953. The molecule has 0 saturated carbocycles. The highest BCUT2D eigenvalue weighted by atomic mass is 16.4. The summed E-state index contributed by atoms with van der Waals surface area (Å²) in [7, 11) is 0. The number of carboxylic acids is 1. The fourth-order valence-corrected chi connectivity index (χ4v) is 1.60. The number of nitrogens with one attached hydrogen (secondary N) is 2. The van der Waals surface area contributed by atoms with Crippen molar-refractivity contribution in [3.63, 3.8) is 0 Å². The number of hydrogen-bond acceptors (Lipinski definition) is 3. The summed E-state index contributed by atoms with van der Waals surface area (Å²) < 4.78 is 0. The van der Waals surface area contributed by atoms with E-state index in [0.717, 1.165) is 0 Å². The first kappa shape index (κ1) is 17.2. The number of carbonyl (C=O) groups excluding carboxylic acids is 2. The second-order valence-corrected chi connectivity index (χ2v) is 4.56. The van der Waals surface area contributed by atoms with Crippen LogP contribution in [0.4, 0.5) is 4.79 Å². The third kappa shape index (κ3) is 6.08. The minimum Gasteiger partial charge on any atom is -0.481 e. The number of hydrogen-bond donors (Lipinski definition) is 4. The maximum Gasteiger partial charge on any atom is 0.312 e. The van der Waals surface area contributed by atoms with Crippen LogP contribution in [0, 0.1) is 11.8 Å². The zero-order valence-electron chi connectivity index (χ0n) is 11.6. The highest BCUT2D eigenvalue weighted by molar-refractivity contribution is 5.87. The molecule has 0 spiro atoms. The van der Waals surface area contributed by atoms with Gasteiger partial charge in [0.15, 0.2) is 0 Å². The van der Waals surface area contributed by atoms with E-state index in [1.54, 1.807) is 6.92 Å². The van der Waals surface area contributed by atoms with Gasteiger partial charge in [-0.15, -0.1) is 0 Å². The van der Waals surface area contributed by atoms with E-state index in [4.69, 9.17) is 10.8 Å². The molecule has 0 saturated heterocycles. The first-order valence-electron chi connectivity index (χ1n) is 6.39. The number of rotatable bonds is 8. The summed E-state index contributed by atoms with van der Waals surface area (Å²) in [5.74, 6) is -2.08. The maximum absolute atomic E-state index is 11.9. The van der Waals surface area contributed by atoms with Gasteiger partial charge in [-0.25, -0.2) is 4.79 Å². The molecule has 3 unspecified atom stereocenters. The van der Waals surface area contributed by atoms with Gasteiger partial charge in [0.1, 0.15) is 6.04 Å². The number of amides is 3. The topological polar surface area (TPSA) is 122 Å². The van der Waals surface area contributed by atoms with Gasteiger partial charge in [-0.05, 0) is 12.3 Å². The first-order chi connectivity index (χ1) is 8.83. The molecule has 0 heterocycles. The fraction of sp³-hybridized carbons (Fsp3) is 0.750. The second kappa shape index (κ2) is 8.34. The van der Waals surface area contributed by atoms with E-state index in [1.807, 2.05) is 13.8 Å². The molecule has 0 aliphatic carbocycles. The summed E-state index contributed by atoms with van der Waals surface area (Å²) in [5.41, 5.74) is 5.03. The SMILES string of the molecule is CCC(CNC(=O)C(NC(N)=O)C(C)CC)C(=O)O. The molecule has 3 atom stereocenters. The van der Waals surface area contributed by atoms with E-state index in [1.165, 1.54) is 0 Å². The summed E-state index contributed by atoms with van der Waals surface area (Å²) in [5, 5.41) is 13.8. The van der Waals surface area contributed by atoms with Gasteiger partial charge in [0, 0.05) is 6.54 Å². The van der Waals surface area contributed by atoms with Crippen molar-refractivity contribution < 1.29 is 19.5 Å². The van der Waals surface area contributed by atoms with E-state index in [-0.39, 0.29) is 12.5 Å². The van der Waals surface area contributed by atoms with Gasteiger partial charge in [-0.3, -0.25) is 9.59 Å². The minimum absolute atomic E-state index is 0.0397. The Labute approximate surface area is 112 Å². The van der Waals surface area contributed by atoms with Crippen LogP contribution < -0.4 is 16.4 Å². The third-order valence-corrected chi connectivity index (χ3v) is 3.16. The molecule has 0 aliphatic heterocycles. The highest BCUT2D eigenvalue weighted by Crippen LogP contribution is 2.08. The lowest BCUT2D eigenvalue weighted by Crippen LogP contribution is -2.52. The fourth-order valence-electron chi connectivity index (χ4n) is 1.60. The quantitative estimate of drug-likeness (QED) is 0.508. The molecule has 7 heteroatoms. The number of nitrogens with two attached hydrogens (primary N) is 1. The van der Waals surface area contributed by atoms with Gasteiger partial charge in [0.05, 0.1) is 5.92 Å². The lowest BCUT2D eigenvalue weighted by molar-refractivity contribution is -0.141. The molecule has 0 bridgehead atoms. The third-order valence-electron chi connectivity index (χ3n) is 3.16. The average molecular weight is 273 g/mol. The summed E-state index contributed by atoms with van der Waals surface area (Å²) in [6, 6.07) is -1.51. The van der Waals surface area contributed by atoms with Crippen LogP contribution in [0.3, 0.4) is 0 Å². The van der Waals surface area contributed by atoms with Crippen molar-refractivity contribution in [1.29, 1.82) is 0 Å². The molecular weight excluding hydrogens is 250 g/mol. The lowest BCUT2D eigenvalue weighted by atomic mass is 9.98. The molecule has 0 aromatic heterocycles. The van der Waals surface area contributed by atoms with Gasteiger partial charge >= 0.3 is 12.0 Å². The molecule has 0 aromatic rings. The molecule has 0 fully saturated rings. The monoisotopic (exact) mass is 273 g/mol. The Balaban J connectivity index is 4.55. The Morgan fingerprint density at radius 3 is 2.16 bits per heavy atom. The zero-order chi connectivity index (χ0) is 15.0. The molecule has 0 rings (SSSR count).